The summed E-state index contributed by atoms with van der Waals surface area (Å²) in [7, 11) is 0. The van der Waals surface area contributed by atoms with Gasteiger partial charge in [-0.05, 0) is 24.3 Å². The number of aromatic nitrogens is 2. The largest absolute Gasteiger partial charge is 0.486 e. The Kier molecular flexibility index (Phi) is 5.42. The third-order valence-electron chi connectivity index (χ3n) is 4.32. The molecule has 2 heterocycles. The quantitative estimate of drug-likeness (QED) is 0.670. The first-order chi connectivity index (χ1) is 14.2. The highest BCUT2D eigenvalue weighted by Gasteiger charge is 2.21. The molecular formula is C21H20N4O4. The van der Waals surface area contributed by atoms with E-state index in [-0.39, 0.29) is 24.5 Å². The number of amides is 2. The van der Waals surface area contributed by atoms with Crippen molar-refractivity contribution in [2.75, 3.05) is 18.5 Å². The third-order valence-corrected chi connectivity index (χ3v) is 4.32. The maximum absolute atomic E-state index is 12.1. The average Bonchev–Trinajstić information content (AvgIpc) is 3.19. The Bertz CT molecular complexity index is 1000. The number of carbonyl (C=O) groups excluding carboxylic acids is 2. The number of carbonyl (C=O) groups is 2. The predicted octanol–water partition coefficient (Wildman–Crippen LogP) is 2.09. The molecule has 3 aromatic rings. The van der Waals surface area contributed by atoms with E-state index in [0.29, 0.717) is 30.2 Å². The molecule has 2 aromatic carbocycles. The maximum atomic E-state index is 12.1. The molecule has 0 aliphatic carbocycles. The molecule has 8 nitrogen and oxygen atoms in total. The zero-order valence-electron chi connectivity index (χ0n) is 15.6. The van der Waals surface area contributed by atoms with Gasteiger partial charge >= 0.3 is 0 Å². The smallest absolute Gasteiger partial charge is 0.251 e. The highest BCUT2D eigenvalue weighted by molar-refractivity contribution is 5.99. The topological polar surface area (TPSA) is 94.5 Å². The van der Waals surface area contributed by atoms with Gasteiger partial charge in [0.1, 0.15) is 6.61 Å². The number of anilines is 1. The number of rotatable bonds is 6. The van der Waals surface area contributed by atoms with E-state index in [1.54, 1.807) is 41.3 Å². The van der Waals surface area contributed by atoms with Crippen LogP contribution in [0.2, 0.25) is 0 Å². The number of fused-ring (bicyclic) bond motifs is 1. The molecule has 1 aliphatic rings. The molecule has 0 saturated carbocycles. The predicted molar refractivity (Wildman–Crippen MR) is 106 cm³/mol. The fourth-order valence-corrected chi connectivity index (χ4v) is 2.95. The number of ether oxygens (including phenoxy) is 2. The van der Waals surface area contributed by atoms with Crippen LogP contribution in [0.3, 0.4) is 0 Å². The maximum Gasteiger partial charge on any atom is 0.251 e. The number of nitrogens with one attached hydrogen (secondary N) is 2. The molecule has 0 fully saturated rings. The van der Waals surface area contributed by atoms with E-state index < -0.39 is 0 Å². The van der Waals surface area contributed by atoms with Crippen LogP contribution in [0.4, 0.5) is 5.69 Å². The second-order valence-corrected chi connectivity index (χ2v) is 6.55. The number of benzene rings is 2. The zero-order chi connectivity index (χ0) is 20.1. The van der Waals surface area contributed by atoms with Crippen molar-refractivity contribution in [3.63, 3.8) is 0 Å². The Balaban J connectivity index is 1.26. The van der Waals surface area contributed by atoms with Crippen LogP contribution >= 0.6 is 0 Å². The van der Waals surface area contributed by atoms with Crippen LogP contribution in [0, 0.1) is 0 Å². The van der Waals surface area contributed by atoms with Crippen molar-refractivity contribution in [2.24, 2.45) is 0 Å². The number of hydrogen-bond donors (Lipinski definition) is 2. The molecule has 0 saturated heterocycles. The van der Waals surface area contributed by atoms with Gasteiger partial charge in [0, 0.05) is 11.8 Å². The lowest BCUT2D eigenvalue weighted by atomic mass is 10.2. The molecule has 0 radical (unpaired) electrons. The van der Waals surface area contributed by atoms with Gasteiger partial charge in [0.05, 0.1) is 25.0 Å². The molecular weight excluding hydrogens is 372 g/mol. The van der Waals surface area contributed by atoms with E-state index in [9.17, 15) is 9.59 Å². The van der Waals surface area contributed by atoms with Gasteiger partial charge in [0.25, 0.3) is 5.91 Å². The van der Waals surface area contributed by atoms with Crippen LogP contribution in [-0.2, 0) is 11.3 Å². The fraction of sp³-hybridized carbons (Fsp3) is 0.190. The van der Waals surface area contributed by atoms with E-state index >= 15 is 0 Å². The molecule has 2 amide bonds. The Morgan fingerprint density at radius 3 is 2.66 bits per heavy atom. The van der Waals surface area contributed by atoms with E-state index in [1.165, 1.54) is 0 Å². The molecule has 0 bridgehead atoms. The van der Waals surface area contributed by atoms with Gasteiger partial charge in [-0.1, -0.05) is 30.3 Å². The van der Waals surface area contributed by atoms with Crippen LogP contribution in [0.15, 0.2) is 67.0 Å². The summed E-state index contributed by atoms with van der Waals surface area (Å²) in [5.74, 6) is 0.805. The molecule has 0 unspecified atom stereocenters. The lowest BCUT2D eigenvalue weighted by Crippen LogP contribution is -2.33. The minimum Gasteiger partial charge on any atom is -0.486 e. The zero-order valence-corrected chi connectivity index (χ0v) is 15.6. The van der Waals surface area contributed by atoms with Gasteiger partial charge in [-0.3, -0.25) is 14.3 Å². The number of nitrogens with zero attached hydrogens (tertiary/aromatic N) is 2. The lowest BCUT2D eigenvalue weighted by molar-refractivity contribution is -0.115. The number of hydrogen-bond acceptors (Lipinski definition) is 5. The van der Waals surface area contributed by atoms with Crippen LogP contribution < -0.4 is 20.1 Å². The highest BCUT2D eigenvalue weighted by atomic mass is 16.6. The molecule has 8 heteroatoms. The van der Waals surface area contributed by atoms with Gasteiger partial charge in [-0.2, -0.15) is 5.10 Å². The van der Waals surface area contributed by atoms with Crippen molar-refractivity contribution in [3.8, 4) is 11.5 Å². The van der Waals surface area contributed by atoms with Crippen LogP contribution in [0.1, 0.15) is 10.4 Å². The standard InChI is InChI=1S/C21H20N4O4/c26-20(11-22-21(27)15-6-2-1-3-7-15)24-16-10-23-25(12-16)13-17-14-28-18-8-4-5-9-19(18)29-17/h1-10,12,17H,11,13-14H2,(H,22,27)(H,24,26)/t17-/m1/s1. The Hall–Kier alpha value is -3.81. The van der Waals surface area contributed by atoms with E-state index in [1.807, 2.05) is 30.3 Å². The minimum absolute atomic E-state index is 0.130. The molecule has 148 valence electrons. The van der Waals surface area contributed by atoms with Crippen molar-refractivity contribution in [3.05, 3.63) is 72.6 Å². The summed E-state index contributed by atoms with van der Waals surface area (Å²) in [6, 6.07) is 16.2. The van der Waals surface area contributed by atoms with Crippen LogP contribution in [-0.4, -0.2) is 40.9 Å². The summed E-state index contributed by atoms with van der Waals surface area (Å²) in [5.41, 5.74) is 1.05. The van der Waals surface area contributed by atoms with Crippen LogP contribution in [0.25, 0.3) is 0 Å². The van der Waals surface area contributed by atoms with E-state index in [2.05, 4.69) is 15.7 Å². The van der Waals surface area contributed by atoms with Gasteiger partial charge in [0.15, 0.2) is 17.6 Å². The molecule has 1 aliphatic heterocycles. The van der Waals surface area contributed by atoms with Gasteiger partial charge in [-0.15, -0.1) is 0 Å². The van der Waals surface area contributed by atoms with Crippen molar-refractivity contribution in [1.29, 1.82) is 0 Å². The second kappa shape index (κ2) is 8.47. The Morgan fingerprint density at radius 1 is 1.07 bits per heavy atom. The fourth-order valence-electron chi connectivity index (χ4n) is 2.95. The molecule has 1 atom stereocenters. The SMILES string of the molecule is O=C(CNC(=O)c1ccccc1)Nc1cnn(C[C@@H]2COc3ccccc3O2)c1. The van der Waals surface area contributed by atoms with E-state index in [4.69, 9.17) is 9.47 Å². The molecule has 4 rings (SSSR count). The second-order valence-electron chi connectivity index (χ2n) is 6.55. The minimum atomic E-state index is -0.333. The molecule has 0 spiro atoms. The first kappa shape index (κ1) is 18.5. The first-order valence-electron chi connectivity index (χ1n) is 9.21. The average molecular weight is 392 g/mol. The lowest BCUT2D eigenvalue weighted by Gasteiger charge is -2.26. The van der Waals surface area contributed by atoms with Crippen molar-refractivity contribution in [2.45, 2.75) is 12.6 Å². The normalized spacial score (nSPS) is 14.8. The van der Waals surface area contributed by atoms with Crippen molar-refractivity contribution >= 4 is 17.5 Å². The van der Waals surface area contributed by atoms with Gasteiger partial charge in [0.2, 0.25) is 5.91 Å². The third kappa shape index (κ3) is 4.73. The Morgan fingerprint density at radius 2 is 1.83 bits per heavy atom. The van der Waals surface area contributed by atoms with Gasteiger partial charge in [-0.25, -0.2) is 0 Å². The van der Waals surface area contributed by atoms with Gasteiger partial charge < -0.3 is 20.1 Å². The summed E-state index contributed by atoms with van der Waals surface area (Å²) < 4.78 is 13.3. The van der Waals surface area contributed by atoms with E-state index in [0.717, 1.165) is 5.75 Å². The molecule has 2 N–H and O–H groups in total. The highest BCUT2D eigenvalue weighted by Crippen LogP contribution is 2.31. The molecule has 29 heavy (non-hydrogen) atoms. The summed E-state index contributed by atoms with van der Waals surface area (Å²) in [6.45, 7) is 0.772. The monoisotopic (exact) mass is 392 g/mol. The summed E-state index contributed by atoms with van der Waals surface area (Å²) in [5, 5.41) is 9.54. The summed E-state index contributed by atoms with van der Waals surface area (Å²) in [6.07, 6.45) is 3.08. The number of para-hydroxylation sites is 2. The van der Waals surface area contributed by atoms with Crippen molar-refractivity contribution < 1.29 is 19.1 Å². The Labute approximate surface area is 167 Å². The summed E-state index contributed by atoms with van der Waals surface area (Å²) in [4.78, 5) is 24.1. The molecule has 1 aromatic heterocycles. The van der Waals surface area contributed by atoms with Crippen LogP contribution in [0.5, 0.6) is 11.5 Å². The summed E-state index contributed by atoms with van der Waals surface area (Å²) >= 11 is 0. The first-order valence-corrected chi connectivity index (χ1v) is 9.21. The van der Waals surface area contributed by atoms with Crippen molar-refractivity contribution in [1.82, 2.24) is 15.1 Å².